The van der Waals surface area contributed by atoms with Crippen molar-refractivity contribution in [1.82, 2.24) is 0 Å². The number of aliphatic hydroxyl groups is 1. The van der Waals surface area contributed by atoms with Crippen molar-refractivity contribution in [2.75, 3.05) is 6.61 Å². The van der Waals surface area contributed by atoms with E-state index in [0.717, 1.165) is 24.8 Å². The van der Waals surface area contributed by atoms with Crippen molar-refractivity contribution in [2.45, 2.75) is 90.2 Å². The molecule has 3 aliphatic carbocycles. The summed E-state index contributed by atoms with van der Waals surface area (Å²) < 4.78 is 36.4. The number of hydrogen-bond donors (Lipinski definition) is 1. The predicted molar refractivity (Wildman–Crippen MR) is 144 cm³/mol. The molecule has 8 atom stereocenters. The van der Waals surface area contributed by atoms with Crippen LogP contribution in [0.4, 0.5) is 0 Å². The van der Waals surface area contributed by atoms with E-state index in [-0.39, 0.29) is 33.3 Å². The van der Waals surface area contributed by atoms with E-state index < -0.39 is 40.3 Å². The zero-order valence-electron chi connectivity index (χ0n) is 23.2. The van der Waals surface area contributed by atoms with Crippen molar-refractivity contribution in [3.63, 3.8) is 0 Å². The zero-order valence-corrected chi connectivity index (χ0v) is 24.1. The zero-order chi connectivity index (χ0) is 28.1. The lowest BCUT2D eigenvalue weighted by Gasteiger charge is -2.58. The third-order valence-corrected chi connectivity index (χ3v) is 11.7. The summed E-state index contributed by atoms with van der Waals surface area (Å²) in [6.45, 7) is 13.0. The molecule has 0 aromatic heterocycles. The fourth-order valence-corrected chi connectivity index (χ4v) is 8.64. The van der Waals surface area contributed by atoms with Gasteiger partial charge in [0.15, 0.2) is 6.61 Å². The molecule has 1 N–H and O–H groups in total. The number of ether oxygens (including phenoxy) is 1. The Morgan fingerprint density at radius 1 is 1.18 bits per heavy atom. The monoisotopic (exact) mass is 546 g/mol. The number of ketones is 1. The SMILES string of the molecule is C=C[C@]1(C)C[C@@H](OC(=O)COS(=O)(=O)c2ccc(C)cc2)[C@]23C[C@@H]2CC[C@@](CCC(C)=O)([C@H]3C)[C@@H](C)[C@@H]1O. The summed E-state index contributed by atoms with van der Waals surface area (Å²) in [4.78, 5) is 25.1. The van der Waals surface area contributed by atoms with Crippen molar-refractivity contribution < 1.29 is 32.0 Å². The van der Waals surface area contributed by atoms with E-state index in [1.54, 1.807) is 25.1 Å². The Morgan fingerprint density at radius 3 is 2.45 bits per heavy atom. The van der Waals surface area contributed by atoms with Gasteiger partial charge in [-0.15, -0.1) is 6.58 Å². The molecule has 3 aliphatic rings. The van der Waals surface area contributed by atoms with Crippen LogP contribution in [0, 0.1) is 40.9 Å². The molecule has 2 bridgehead atoms. The molecule has 210 valence electrons. The van der Waals surface area contributed by atoms with Crippen LogP contribution in [0.2, 0.25) is 0 Å². The molecule has 7 nitrogen and oxygen atoms in total. The van der Waals surface area contributed by atoms with E-state index in [4.69, 9.17) is 8.92 Å². The summed E-state index contributed by atoms with van der Waals surface area (Å²) >= 11 is 0. The van der Waals surface area contributed by atoms with Crippen molar-refractivity contribution in [3.8, 4) is 0 Å². The third kappa shape index (κ3) is 4.88. The van der Waals surface area contributed by atoms with Crippen molar-refractivity contribution >= 4 is 21.9 Å². The molecule has 0 heterocycles. The number of aryl methyl sites for hydroxylation is 1. The first-order valence-corrected chi connectivity index (χ1v) is 15.1. The van der Waals surface area contributed by atoms with Gasteiger partial charge in [0.2, 0.25) is 0 Å². The largest absolute Gasteiger partial charge is 0.460 e. The lowest BCUT2D eigenvalue weighted by molar-refractivity contribution is -0.182. The van der Waals surface area contributed by atoms with Crippen LogP contribution in [-0.4, -0.2) is 44.1 Å². The molecule has 8 heteroatoms. The van der Waals surface area contributed by atoms with Crippen LogP contribution < -0.4 is 0 Å². The lowest BCUT2D eigenvalue weighted by Crippen LogP contribution is -2.57. The van der Waals surface area contributed by atoms with Gasteiger partial charge in [-0.25, -0.2) is 4.79 Å². The highest BCUT2D eigenvalue weighted by Crippen LogP contribution is 2.75. The van der Waals surface area contributed by atoms with Crippen LogP contribution in [0.3, 0.4) is 0 Å². The van der Waals surface area contributed by atoms with E-state index in [2.05, 4.69) is 20.4 Å². The first-order valence-electron chi connectivity index (χ1n) is 13.7. The number of rotatable bonds is 9. The summed E-state index contributed by atoms with van der Waals surface area (Å²) in [6.07, 6.45) is 4.79. The van der Waals surface area contributed by atoms with E-state index in [1.165, 1.54) is 12.1 Å². The number of carbonyl (C=O) groups excluding carboxylic acids is 2. The molecule has 1 spiro atoms. The smallest absolute Gasteiger partial charge is 0.333 e. The summed E-state index contributed by atoms with van der Waals surface area (Å²) in [7, 11) is -4.12. The first kappa shape index (κ1) is 29.0. The molecule has 0 aliphatic heterocycles. The standard InChI is InChI=1S/C30H42O7S/c1-7-28(6)17-25(37-26(32)18-36-38(34,35)24-10-8-19(2)9-11-24)30-16-23(30)13-15-29(22(30)5,14-12-20(3)31)21(4)27(28)33/h7-11,21-23,25,27,33H,1,12-18H2,2-6H3/t21-,22+,23-,25+,27-,28+,29+,30-/m0/s1. The van der Waals surface area contributed by atoms with Gasteiger partial charge in [0.25, 0.3) is 10.1 Å². The van der Waals surface area contributed by atoms with Gasteiger partial charge in [0.1, 0.15) is 11.9 Å². The number of fused-ring (bicyclic) bond motifs is 1. The minimum Gasteiger partial charge on any atom is -0.460 e. The van der Waals surface area contributed by atoms with Crippen molar-refractivity contribution in [1.29, 1.82) is 0 Å². The number of aliphatic hydroxyl groups excluding tert-OH is 1. The van der Waals surface area contributed by atoms with Gasteiger partial charge in [-0.1, -0.05) is 44.5 Å². The minimum atomic E-state index is -4.12. The Labute approximate surface area is 227 Å². The molecule has 0 amide bonds. The Balaban J connectivity index is 1.60. The molecular formula is C30H42O7S. The number of carbonyl (C=O) groups is 2. The fraction of sp³-hybridized carbons (Fsp3) is 0.667. The van der Waals surface area contributed by atoms with E-state index in [0.29, 0.717) is 25.2 Å². The van der Waals surface area contributed by atoms with Crippen LogP contribution in [0.5, 0.6) is 0 Å². The summed E-state index contributed by atoms with van der Waals surface area (Å²) in [6, 6.07) is 6.23. The van der Waals surface area contributed by atoms with Crippen molar-refractivity contribution in [2.24, 2.45) is 34.0 Å². The second-order valence-electron chi connectivity index (χ2n) is 12.4. The van der Waals surface area contributed by atoms with E-state index in [9.17, 15) is 23.1 Å². The van der Waals surface area contributed by atoms with E-state index >= 15 is 0 Å². The Kier molecular flexibility index (Phi) is 7.76. The van der Waals surface area contributed by atoms with Crippen molar-refractivity contribution in [3.05, 3.63) is 42.5 Å². The molecule has 1 aromatic rings. The lowest BCUT2D eigenvalue weighted by atomic mass is 9.48. The molecule has 0 radical (unpaired) electrons. The highest BCUT2D eigenvalue weighted by atomic mass is 32.2. The van der Waals surface area contributed by atoms with Crippen LogP contribution in [0.25, 0.3) is 0 Å². The minimum absolute atomic E-state index is 0.0183. The highest BCUT2D eigenvalue weighted by Gasteiger charge is 2.72. The first-order chi connectivity index (χ1) is 17.7. The molecule has 0 unspecified atom stereocenters. The van der Waals surface area contributed by atoms with E-state index in [1.807, 2.05) is 13.8 Å². The average Bonchev–Trinajstić information content (AvgIpc) is 3.62. The second-order valence-corrected chi connectivity index (χ2v) is 14.0. The second kappa shape index (κ2) is 10.2. The molecular weight excluding hydrogens is 504 g/mol. The highest BCUT2D eigenvalue weighted by molar-refractivity contribution is 7.86. The molecule has 0 saturated heterocycles. The third-order valence-electron chi connectivity index (χ3n) is 10.4. The average molecular weight is 547 g/mol. The predicted octanol–water partition coefficient (Wildman–Crippen LogP) is 5.00. The van der Waals surface area contributed by atoms with Gasteiger partial charge >= 0.3 is 5.97 Å². The summed E-state index contributed by atoms with van der Waals surface area (Å²) in [5.74, 6) is -0.189. The number of Topliss-reactive ketones (excluding diaryl/α,β-unsaturated/α-hetero) is 1. The van der Waals surface area contributed by atoms with Gasteiger partial charge in [-0.05, 0) is 81.3 Å². The number of esters is 1. The maximum Gasteiger partial charge on any atom is 0.333 e. The maximum atomic E-state index is 13.1. The van der Waals surface area contributed by atoms with Gasteiger partial charge in [0, 0.05) is 17.3 Å². The van der Waals surface area contributed by atoms with Gasteiger partial charge in [-0.3, -0.25) is 4.18 Å². The van der Waals surface area contributed by atoms with Gasteiger partial charge in [0.05, 0.1) is 11.0 Å². The molecule has 38 heavy (non-hydrogen) atoms. The molecule has 3 saturated carbocycles. The Bertz CT molecular complexity index is 1190. The van der Waals surface area contributed by atoms with Crippen LogP contribution in [0.15, 0.2) is 41.8 Å². The van der Waals surface area contributed by atoms with Gasteiger partial charge < -0.3 is 14.6 Å². The molecule has 4 rings (SSSR count). The van der Waals surface area contributed by atoms with Crippen LogP contribution in [-0.2, 0) is 28.6 Å². The maximum absolute atomic E-state index is 13.1. The number of hydrogen-bond acceptors (Lipinski definition) is 7. The normalized spacial score (nSPS) is 38.3. The van der Waals surface area contributed by atoms with Crippen LogP contribution >= 0.6 is 0 Å². The molecule has 1 aromatic carbocycles. The Hall–Kier alpha value is -2.03. The summed E-state index contributed by atoms with van der Waals surface area (Å²) in [5, 5.41) is 11.7. The topological polar surface area (TPSA) is 107 Å². The Morgan fingerprint density at radius 2 is 1.84 bits per heavy atom. The fourth-order valence-electron chi connectivity index (χ4n) is 7.78. The summed E-state index contributed by atoms with van der Waals surface area (Å²) in [5.41, 5.74) is -0.371. The quantitative estimate of drug-likeness (QED) is 0.264. The van der Waals surface area contributed by atoms with Gasteiger partial charge in [-0.2, -0.15) is 8.42 Å². The number of benzene rings is 1. The van der Waals surface area contributed by atoms with Crippen LogP contribution in [0.1, 0.15) is 71.8 Å². The molecule has 3 fully saturated rings.